The second-order valence-corrected chi connectivity index (χ2v) is 8.22. The second kappa shape index (κ2) is 9.70. The fourth-order valence-corrected chi connectivity index (χ4v) is 4.18. The van der Waals surface area contributed by atoms with Crippen molar-refractivity contribution in [3.63, 3.8) is 0 Å². The van der Waals surface area contributed by atoms with E-state index in [1.54, 1.807) is 12.1 Å². The number of amides is 1. The van der Waals surface area contributed by atoms with Crippen molar-refractivity contribution in [1.82, 2.24) is 10.2 Å². The van der Waals surface area contributed by atoms with Gasteiger partial charge in [-0.15, -0.1) is 0 Å². The number of carbonyl (C=O) groups is 1. The number of alkyl halides is 6. The van der Waals surface area contributed by atoms with E-state index in [4.69, 9.17) is 0 Å². The Labute approximate surface area is 186 Å². The zero-order valence-corrected chi connectivity index (χ0v) is 17.7. The van der Waals surface area contributed by atoms with Crippen molar-refractivity contribution in [2.45, 2.75) is 38.2 Å². The minimum absolute atomic E-state index is 0.0408. The minimum Gasteiger partial charge on any atom is -0.338 e. The van der Waals surface area contributed by atoms with E-state index in [1.165, 1.54) is 24.0 Å². The molecule has 1 aliphatic rings. The average molecular weight is 476 g/mol. The molecule has 1 fully saturated rings. The van der Waals surface area contributed by atoms with E-state index in [0.29, 0.717) is 31.6 Å². The maximum absolute atomic E-state index is 13.3. The van der Waals surface area contributed by atoms with E-state index in [2.05, 4.69) is 5.32 Å². The lowest BCUT2D eigenvalue weighted by Gasteiger charge is -2.36. The third-order valence-corrected chi connectivity index (χ3v) is 5.83. The summed E-state index contributed by atoms with van der Waals surface area (Å²) in [7, 11) is 0. The monoisotopic (exact) mass is 476 g/mol. The van der Waals surface area contributed by atoms with Crippen LogP contribution in [0.4, 0.5) is 30.7 Å². The van der Waals surface area contributed by atoms with Crippen LogP contribution in [0, 0.1) is 11.7 Å². The summed E-state index contributed by atoms with van der Waals surface area (Å²) in [6.45, 7) is 2.15. The first-order chi connectivity index (χ1) is 15.3. The molecule has 1 aliphatic heterocycles. The molecule has 0 aliphatic carbocycles. The van der Waals surface area contributed by atoms with Crippen LogP contribution < -0.4 is 5.32 Å². The number of nitrogens with one attached hydrogen (secondary N) is 1. The lowest BCUT2D eigenvalue weighted by Crippen LogP contribution is -2.43. The van der Waals surface area contributed by atoms with Crippen LogP contribution in [-0.2, 0) is 23.7 Å². The molecular formula is C23H23F7N2O. The number of carbonyl (C=O) groups excluding carboxylic acids is 1. The Morgan fingerprint density at radius 3 is 2.09 bits per heavy atom. The highest BCUT2D eigenvalue weighted by atomic mass is 19.4. The summed E-state index contributed by atoms with van der Waals surface area (Å²) in [5.74, 6) is -1.05. The molecule has 0 spiro atoms. The Morgan fingerprint density at radius 1 is 1.00 bits per heavy atom. The predicted octanol–water partition coefficient (Wildman–Crippen LogP) is 5.61. The molecule has 1 N–H and O–H groups in total. The molecule has 1 heterocycles. The van der Waals surface area contributed by atoms with Crippen LogP contribution in [-0.4, -0.2) is 30.4 Å². The van der Waals surface area contributed by atoms with Gasteiger partial charge in [-0.25, -0.2) is 4.39 Å². The zero-order chi connectivity index (χ0) is 24.4. The summed E-state index contributed by atoms with van der Waals surface area (Å²) in [6, 6.07) is 7.31. The summed E-state index contributed by atoms with van der Waals surface area (Å²) in [5, 5.41) is 3.20. The molecule has 33 heavy (non-hydrogen) atoms. The normalized spacial score (nSPS) is 19.4. The third kappa shape index (κ3) is 6.46. The fourth-order valence-electron chi connectivity index (χ4n) is 4.18. The Kier molecular flexibility index (Phi) is 7.36. The summed E-state index contributed by atoms with van der Waals surface area (Å²) in [6.07, 6.45) is -9.22. The van der Waals surface area contributed by atoms with E-state index in [0.717, 1.165) is 5.56 Å². The van der Waals surface area contributed by atoms with Gasteiger partial charge in [0.2, 0.25) is 5.91 Å². The highest BCUT2D eigenvalue weighted by Crippen LogP contribution is 2.37. The molecule has 10 heteroatoms. The number of hydrogen-bond donors (Lipinski definition) is 1. The number of piperidine rings is 1. The van der Waals surface area contributed by atoms with Gasteiger partial charge >= 0.3 is 12.4 Å². The van der Waals surface area contributed by atoms with Crippen LogP contribution in [0.3, 0.4) is 0 Å². The van der Waals surface area contributed by atoms with Crippen molar-refractivity contribution in [1.29, 1.82) is 0 Å². The van der Waals surface area contributed by atoms with Crippen molar-refractivity contribution in [3.05, 3.63) is 70.5 Å². The lowest BCUT2D eigenvalue weighted by molar-refractivity contribution is -0.143. The number of nitrogens with zero attached hydrogens (tertiary/aromatic N) is 1. The van der Waals surface area contributed by atoms with Gasteiger partial charge in [0.15, 0.2) is 0 Å². The van der Waals surface area contributed by atoms with Crippen LogP contribution in [0.5, 0.6) is 0 Å². The number of benzene rings is 2. The second-order valence-electron chi connectivity index (χ2n) is 8.22. The molecule has 2 atom stereocenters. The summed E-state index contributed by atoms with van der Waals surface area (Å²) in [4.78, 5) is 13.5. The molecular weight excluding hydrogens is 453 g/mol. The first kappa shape index (κ1) is 25.0. The van der Waals surface area contributed by atoms with E-state index in [-0.39, 0.29) is 35.8 Å². The van der Waals surface area contributed by atoms with E-state index in [9.17, 15) is 35.5 Å². The third-order valence-electron chi connectivity index (χ3n) is 5.83. The molecule has 3 nitrogen and oxygen atoms in total. The van der Waals surface area contributed by atoms with Crippen LogP contribution in [0.15, 0.2) is 42.5 Å². The first-order valence-electron chi connectivity index (χ1n) is 10.3. The maximum Gasteiger partial charge on any atom is 0.416 e. The molecule has 2 aromatic carbocycles. The Morgan fingerprint density at radius 2 is 1.58 bits per heavy atom. The van der Waals surface area contributed by atoms with Gasteiger partial charge < -0.3 is 10.2 Å². The molecule has 1 saturated heterocycles. The van der Waals surface area contributed by atoms with Gasteiger partial charge in [0, 0.05) is 26.6 Å². The quantitative estimate of drug-likeness (QED) is 0.570. The fraction of sp³-hybridized carbons (Fsp3) is 0.435. The minimum atomic E-state index is -4.96. The predicted molar refractivity (Wildman–Crippen MR) is 108 cm³/mol. The van der Waals surface area contributed by atoms with Gasteiger partial charge in [-0.1, -0.05) is 12.1 Å². The molecule has 180 valence electrons. The van der Waals surface area contributed by atoms with Crippen molar-refractivity contribution >= 4 is 5.91 Å². The Balaban J connectivity index is 1.87. The summed E-state index contributed by atoms with van der Waals surface area (Å²) < 4.78 is 92.5. The SMILES string of the molecule is CC(=O)N(Cc1cc(C(F)(F)F)cc(C(F)(F)F)c1)CC1CNCC[C@H]1c1ccc(F)cc1. The molecule has 3 rings (SSSR count). The van der Waals surface area contributed by atoms with E-state index < -0.39 is 35.9 Å². The van der Waals surface area contributed by atoms with Crippen molar-refractivity contribution in [2.75, 3.05) is 19.6 Å². The molecule has 1 unspecified atom stereocenters. The van der Waals surface area contributed by atoms with Gasteiger partial charge in [0.05, 0.1) is 11.1 Å². The molecule has 0 radical (unpaired) electrons. The van der Waals surface area contributed by atoms with Gasteiger partial charge in [0.1, 0.15) is 5.82 Å². The van der Waals surface area contributed by atoms with Crippen molar-refractivity contribution in [2.24, 2.45) is 5.92 Å². The van der Waals surface area contributed by atoms with Gasteiger partial charge in [-0.3, -0.25) is 4.79 Å². The highest BCUT2D eigenvalue weighted by molar-refractivity contribution is 5.73. The Hall–Kier alpha value is -2.62. The van der Waals surface area contributed by atoms with E-state index >= 15 is 0 Å². The van der Waals surface area contributed by atoms with Crippen LogP contribution in [0.2, 0.25) is 0 Å². The Bertz CT molecular complexity index is 938. The smallest absolute Gasteiger partial charge is 0.338 e. The number of hydrogen-bond acceptors (Lipinski definition) is 2. The largest absolute Gasteiger partial charge is 0.416 e. The molecule has 2 aromatic rings. The summed E-state index contributed by atoms with van der Waals surface area (Å²) >= 11 is 0. The van der Waals surface area contributed by atoms with Crippen LogP contribution in [0.25, 0.3) is 0 Å². The maximum atomic E-state index is 13.3. The van der Waals surface area contributed by atoms with E-state index in [1.807, 2.05) is 0 Å². The molecule has 0 bridgehead atoms. The van der Waals surface area contributed by atoms with Crippen molar-refractivity contribution in [3.8, 4) is 0 Å². The highest BCUT2D eigenvalue weighted by Gasteiger charge is 2.37. The van der Waals surface area contributed by atoms with Gasteiger partial charge in [0.25, 0.3) is 0 Å². The van der Waals surface area contributed by atoms with Gasteiger partial charge in [-0.2, -0.15) is 26.3 Å². The topological polar surface area (TPSA) is 32.3 Å². The molecule has 0 aromatic heterocycles. The van der Waals surface area contributed by atoms with Crippen LogP contribution >= 0.6 is 0 Å². The number of halogens is 7. The number of rotatable bonds is 5. The zero-order valence-electron chi connectivity index (χ0n) is 17.7. The van der Waals surface area contributed by atoms with Crippen molar-refractivity contribution < 1.29 is 35.5 Å². The standard InChI is InChI=1S/C23H23F7N2O/c1-14(33)32(12-15-8-18(22(25,26)27)10-19(9-15)23(28,29)30)13-17-11-31-7-6-21(17)16-2-4-20(24)5-3-16/h2-5,8-10,17,21,31H,6-7,11-13H2,1H3/t17?,21-/m0/s1. The lowest BCUT2D eigenvalue weighted by atomic mass is 9.80. The van der Waals surface area contributed by atoms with Gasteiger partial charge in [-0.05, 0) is 66.3 Å². The first-order valence-corrected chi connectivity index (χ1v) is 10.3. The van der Waals surface area contributed by atoms with Crippen LogP contribution in [0.1, 0.15) is 41.5 Å². The summed E-state index contributed by atoms with van der Waals surface area (Å²) in [5.41, 5.74) is -2.22. The molecule has 0 saturated carbocycles. The molecule has 1 amide bonds. The average Bonchev–Trinajstić information content (AvgIpc) is 2.73.